The van der Waals surface area contributed by atoms with Crippen molar-refractivity contribution in [2.75, 3.05) is 26.4 Å². The zero-order valence-corrected chi connectivity index (χ0v) is 11.4. The monoisotopic (exact) mass is 274 g/mol. The van der Waals surface area contributed by atoms with E-state index in [4.69, 9.17) is 19.3 Å². The third kappa shape index (κ3) is 5.03. The van der Waals surface area contributed by atoms with Crippen LogP contribution < -0.4 is 4.74 Å². The first-order chi connectivity index (χ1) is 8.67. The highest BCUT2D eigenvalue weighted by molar-refractivity contribution is 7.08. The van der Waals surface area contributed by atoms with E-state index in [1.165, 1.54) is 11.3 Å². The van der Waals surface area contributed by atoms with E-state index in [1.807, 2.05) is 17.7 Å². The maximum absolute atomic E-state index is 11.0. The van der Waals surface area contributed by atoms with Gasteiger partial charge in [-0.25, -0.2) is 4.79 Å². The third-order valence-electron chi connectivity index (χ3n) is 2.13. The number of aliphatic hydroxyl groups is 1. The van der Waals surface area contributed by atoms with E-state index in [2.05, 4.69) is 0 Å². The molecule has 0 aliphatic heterocycles. The van der Waals surface area contributed by atoms with Gasteiger partial charge in [-0.1, -0.05) is 0 Å². The maximum Gasteiger partial charge on any atom is 0.332 e. The summed E-state index contributed by atoms with van der Waals surface area (Å²) in [5, 5.41) is 13.0. The van der Waals surface area contributed by atoms with Gasteiger partial charge in [-0.2, -0.15) is 0 Å². The fourth-order valence-electron chi connectivity index (χ4n) is 1.25. The second-order valence-corrected chi connectivity index (χ2v) is 4.41. The molecule has 0 radical (unpaired) electrons. The van der Waals surface area contributed by atoms with E-state index in [0.29, 0.717) is 6.61 Å². The summed E-state index contributed by atoms with van der Waals surface area (Å²) < 4.78 is 15.4. The molecule has 0 fully saturated rings. The molecule has 1 aromatic rings. The largest absolute Gasteiger partial charge is 0.484 e. The molecule has 1 aromatic heterocycles. The summed E-state index contributed by atoms with van der Waals surface area (Å²) >= 11 is 1.53. The van der Waals surface area contributed by atoms with Crippen molar-refractivity contribution in [1.29, 1.82) is 0 Å². The Kier molecular flexibility index (Phi) is 6.70. The number of ether oxygens (including phenoxy) is 3. The average molecular weight is 274 g/mol. The minimum atomic E-state index is -0.479. The highest BCUT2D eigenvalue weighted by Crippen LogP contribution is 2.23. The lowest BCUT2D eigenvalue weighted by atomic mass is 10.3. The summed E-state index contributed by atoms with van der Waals surface area (Å²) in [6.07, 6.45) is -0.479. The number of esters is 1. The quantitative estimate of drug-likeness (QED) is 0.725. The number of carbonyl (C=O) groups excluding carboxylic acids is 1. The molecule has 1 N–H and O–H groups in total. The first-order valence-electron chi connectivity index (χ1n) is 5.71. The Morgan fingerprint density at radius 2 is 2.28 bits per heavy atom. The van der Waals surface area contributed by atoms with Crippen LogP contribution >= 0.6 is 11.3 Å². The Hall–Kier alpha value is -1.11. The van der Waals surface area contributed by atoms with Gasteiger partial charge in [-0.3, -0.25) is 0 Å². The normalized spacial score (nSPS) is 12.2. The van der Waals surface area contributed by atoms with Gasteiger partial charge in [0.05, 0.1) is 19.8 Å². The highest BCUT2D eigenvalue weighted by atomic mass is 32.1. The molecule has 0 saturated carbocycles. The Morgan fingerprint density at radius 1 is 1.50 bits per heavy atom. The van der Waals surface area contributed by atoms with Gasteiger partial charge in [0.15, 0.2) is 0 Å². The summed E-state index contributed by atoms with van der Waals surface area (Å²) in [6, 6.07) is 0. The predicted octanol–water partition coefficient (Wildman–Crippen LogP) is 1.38. The summed E-state index contributed by atoms with van der Waals surface area (Å²) in [5.41, 5.74) is 1.02. The average Bonchev–Trinajstić information content (AvgIpc) is 2.74. The molecule has 0 amide bonds. The van der Waals surface area contributed by atoms with Gasteiger partial charge in [0.25, 0.3) is 0 Å². The van der Waals surface area contributed by atoms with Crippen LogP contribution in [0, 0.1) is 6.92 Å². The van der Waals surface area contributed by atoms with Crippen LogP contribution in [-0.4, -0.2) is 43.6 Å². The van der Waals surface area contributed by atoms with Crippen LogP contribution in [-0.2, 0) is 14.3 Å². The molecule has 1 heterocycles. The van der Waals surface area contributed by atoms with Crippen LogP contribution in [0.2, 0.25) is 0 Å². The molecule has 0 aliphatic carbocycles. The van der Waals surface area contributed by atoms with Crippen LogP contribution in [0.1, 0.15) is 12.5 Å². The number of hydrogen-bond acceptors (Lipinski definition) is 6. The Labute approximate surface area is 110 Å². The van der Waals surface area contributed by atoms with E-state index >= 15 is 0 Å². The van der Waals surface area contributed by atoms with Gasteiger partial charge in [0.2, 0.25) is 0 Å². The molecule has 6 heteroatoms. The zero-order valence-electron chi connectivity index (χ0n) is 10.5. The standard InChI is InChI=1S/C12H18O5S/c1-3-16-12(14)6-15-5-10(4-13)17-11-8-18-7-9(11)2/h7-8,10,13H,3-6H2,1-2H3. The lowest BCUT2D eigenvalue weighted by Crippen LogP contribution is -2.28. The Morgan fingerprint density at radius 3 is 2.83 bits per heavy atom. The molecule has 1 atom stereocenters. The predicted molar refractivity (Wildman–Crippen MR) is 68.0 cm³/mol. The van der Waals surface area contributed by atoms with Crippen LogP contribution in [0.3, 0.4) is 0 Å². The van der Waals surface area contributed by atoms with E-state index < -0.39 is 12.1 Å². The SMILES string of the molecule is CCOC(=O)COCC(CO)Oc1cscc1C. The van der Waals surface area contributed by atoms with Gasteiger partial charge >= 0.3 is 5.97 Å². The number of carbonyl (C=O) groups is 1. The molecule has 0 bridgehead atoms. The van der Waals surface area contributed by atoms with E-state index in [0.717, 1.165) is 11.3 Å². The van der Waals surface area contributed by atoms with Crippen molar-refractivity contribution in [3.63, 3.8) is 0 Å². The first-order valence-corrected chi connectivity index (χ1v) is 6.65. The molecule has 0 aromatic carbocycles. The lowest BCUT2D eigenvalue weighted by molar-refractivity contribution is -0.149. The molecule has 0 spiro atoms. The minimum absolute atomic E-state index is 0.129. The van der Waals surface area contributed by atoms with Crippen molar-refractivity contribution >= 4 is 17.3 Å². The van der Waals surface area contributed by atoms with E-state index in [9.17, 15) is 4.79 Å². The molecular formula is C12H18O5S. The number of aryl methyl sites for hydroxylation is 1. The minimum Gasteiger partial charge on any atom is -0.484 e. The molecule has 18 heavy (non-hydrogen) atoms. The summed E-state index contributed by atoms with van der Waals surface area (Å²) in [7, 11) is 0. The summed E-state index contributed by atoms with van der Waals surface area (Å²) in [4.78, 5) is 11.0. The van der Waals surface area contributed by atoms with Gasteiger partial charge in [-0.15, -0.1) is 11.3 Å². The van der Waals surface area contributed by atoms with Crippen LogP contribution in [0.5, 0.6) is 5.75 Å². The van der Waals surface area contributed by atoms with Crippen LogP contribution in [0.4, 0.5) is 0 Å². The molecule has 102 valence electrons. The second-order valence-electron chi connectivity index (χ2n) is 3.66. The Bertz CT molecular complexity index is 363. The molecule has 1 unspecified atom stereocenters. The summed E-state index contributed by atoms with van der Waals surface area (Å²) in [6.45, 7) is 3.84. The number of hydrogen-bond donors (Lipinski definition) is 1. The third-order valence-corrected chi connectivity index (χ3v) is 2.97. The van der Waals surface area contributed by atoms with Crippen molar-refractivity contribution in [3.8, 4) is 5.75 Å². The van der Waals surface area contributed by atoms with Crippen LogP contribution in [0.15, 0.2) is 10.8 Å². The van der Waals surface area contributed by atoms with Crippen molar-refractivity contribution in [3.05, 3.63) is 16.3 Å². The van der Waals surface area contributed by atoms with Gasteiger partial charge in [0.1, 0.15) is 18.5 Å². The number of aliphatic hydroxyl groups excluding tert-OH is 1. The second kappa shape index (κ2) is 8.07. The molecule has 1 rings (SSSR count). The highest BCUT2D eigenvalue weighted by Gasteiger charge is 2.13. The smallest absolute Gasteiger partial charge is 0.332 e. The zero-order chi connectivity index (χ0) is 13.4. The molecule has 0 aliphatic rings. The fourth-order valence-corrected chi connectivity index (χ4v) is 2.00. The topological polar surface area (TPSA) is 65.0 Å². The molecule has 5 nitrogen and oxygen atoms in total. The Balaban J connectivity index is 2.30. The van der Waals surface area contributed by atoms with Gasteiger partial charge in [-0.05, 0) is 19.2 Å². The molecular weight excluding hydrogens is 256 g/mol. The number of rotatable bonds is 8. The fraction of sp³-hybridized carbons (Fsp3) is 0.583. The van der Waals surface area contributed by atoms with Crippen molar-refractivity contribution in [1.82, 2.24) is 0 Å². The van der Waals surface area contributed by atoms with E-state index in [-0.39, 0.29) is 19.8 Å². The first kappa shape index (κ1) is 14.9. The van der Waals surface area contributed by atoms with Crippen molar-refractivity contribution in [2.45, 2.75) is 20.0 Å². The van der Waals surface area contributed by atoms with Gasteiger partial charge < -0.3 is 19.3 Å². The van der Waals surface area contributed by atoms with Crippen LogP contribution in [0.25, 0.3) is 0 Å². The lowest BCUT2D eigenvalue weighted by Gasteiger charge is -2.16. The van der Waals surface area contributed by atoms with Gasteiger partial charge in [0, 0.05) is 10.9 Å². The molecule has 0 saturated heterocycles. The maximum atomic E-state index is 11.0. The number of thiophene rings is 1. The summed E-state index contributed by atoms with van der Waals surface area (Å²) in [5.74, 6) is 0.319. The van der Waals surface area contributed by atoms with Crippen molar-refractivity contribution < 1.29 is 24.1 Å². The van der Waals surface area contributed by atoms with E-state index in [1.54, 1.807) is 6.92 Å². The van der Waals surface area contributed by atoms with Crippen molar-refractivity contribution in [2.24, 2.45) is 0 Å².